The molecule has 2 amide bonds. The zero-order chi connectivity index (χ0) is 13.7. The Kier molecular flexibility index (Phi) is 4.14. The zero-order valence-corrected chi connectivity index (χ0v) is 9.33. The SMILES string of the molecule is NC(=O)CC(C(N)=O)=C(c1ccccc1)[N+](=O)[O-]. The van der Waals surface area contributed by atoms with Crippen LogP contribution in [0.1, 0.15) is 12.0 Å². The second-order valence-electron chi connectivity index (χ2n) is 3.46. The van der Waals surface area contributed by atoms with Crippen molar-refractivity contribution in [3.8, 4) is 0 Å². The van der Waals surface area contributed by atoms with Crippen molar-refractivity contribution in [3.05, 3.63) is 51.6 Å². The van der Waals surface area contributed by atoms with Gasteiger partial charge in [-0.1, -0.05) is 18.2 Å². The van der Waals surface area contributed by atoms with Crippen LogP contribution in [0.25, 0.3) is 5.70 Å². The second kappa shape index (κ2) is 5.58. The molecule has 0 heterocycles. The number of carbonyl (C=O) groups excluding carboxylic acids is 2. The van der Waals surface area contributed by atoms with Crippen molar-refractivity contribution in [1.29, 1.82) is 0 Å². The van der Waals surface area contributed by atoms with Crippen LogP contribution in [0.3, 0.4) is 0 Å². The van der Waals surface area contributed by atoms with E-state index in [1.807, 2.05) is 0 Å². The quantitative estimate of drug-likeness (QED) is 0.433. The maximum Gasteiger partial charge on any atom is 0.285 e. The van der Waals surface area contributed by atoms with Gasteiger partial charge in [0.15, 0.2) is 0 Å². The lowest BCUT2D eigenvalue weighted by molar-refractivity contribution is -0.376. The molecule has 7 nitrogen and oxygen atoms in total. The van der Waals surface area contributed by atoms with E-state index in [4.69, 9.17) is 11.5 Å². The van der Waals surface area contributed by atoms with E-state index in [2.05, 4.69) is 0 Å². The molecule has 18 heavy (non-hydrogen) atoms. The zero-order valence-electron chi connectivity index (χ0n) is 9.33. The molecule has 0 saturated carbocycles. The van der Waals surface area contributed by atoms with E-state index >= 15 is 0 Å². The molecular formula is C11H11N3O4. The Labute approximate surface area is 102 Å². The topological polar surface area (TPSA) is 129 Å². The molecule has 4 N–H and O–H groups in total. The Morgan fingerprint density at radius 3 is 2.11 bits per heavy atom. The summed E-state index contributed by atoms with van der Waals surface area (Å²) in [5.74, 6) is -1.90. The Balaban J connectivity index is 3.43. The fourth-order valence-electron chi connectivity index (χ4n) is 1.45. The molecule has 94 valence electrons. The van der Waals surface area contributed by atoms with Crippen molar-refractivity contribution in [2.75, 3.05) is 0 Å². The predicted octanol–water partition coefficient (Wildman–Crippen LogP) is 0.0351. The molecule has 0 radical (unpaired) electrons. The number of amides is 2. The highest BCUT2D eigenvalue weighted by atomic mass is 16.6. The van der Waals surface area contributed by atoms with Crippen molar-refractivity contribution in [2.24, 2.45) is 11.5 Å². The van der Waals surface area contributed by atoms with E-state index in [0.29, 0.717) is 0 Å². The van der Waals surface area contributed by atoms with Crippen molar-refractivity contribution < 1.29 is 14.5 Å². The van der Waals surface area contributed by atoms with E-state index < -0.39 is 34.4 Å². The first-order valence-corrected chi connectivity index (χ1v) is 4.94. The van der Waals surface area contributed by atoms with Gasteiger partial charge in [-0.15, -0.1) is 0 Å². The highest BCUT2D eigenvalue weighted by molar-refractivity contribution is 6.02. The second-order valence-corrected chi connectivity index (χ2v) is 3.46. The van der Waals surface area contributed by atoms with Crippen molar-refractivity contribution in [3.63, 3.8) is 0 Å². The normalized spacial score (nSPS) is 11.6. The molecule has 0 aromatic heterocycles. The highest BCUT2D eigenvalue weighted by Gasteiger charge is 2.25. The molecule has 0 spiro atoms. The summed E-state index contributed by atoms with van der Waals surface area (Å²) in [5.41, 5.74) is 9.29. The molecule has 0 aliphatic carbocycles. The van der Waals surface area contributed by atoms with Crippen LogP contribution in [-0.2, 0) is 9.59 Å². The van der Waals surface area contributed by atoms with Gasteiger partial charge in [0.1, 0.15) is 5.57 Å². The Bertz CT molecular complexity index is 522. The summed E-state index contributed by atoms with van der Waals surface area (Å²) >= 11 is 0. The van der Waals surface area contributed by atoms with Crippen molar-refractivity contribution in [2.45, 2.75) is 6.42 Å². The van der Waals surface area contributed by atoms with Crippen LogP contribution in [0.4, 0.5) is 0 Å². The maximum absolute atomic E-state index is 11.2. The van der Waals surface area contributed by atoms with E-state index in [1.165, 1.54) is 12.1 Å². The lowest BCUT2D eigenvalue weighted by Crippen LogP contribution is -2.23. The van der Waals surface area contributed by atoms with Crippen LogP contribution >= 0.6 is 0 Å². The monoisotopic (exact) mass is 249 g/mol. The molecule has 0 saturated heterocycles. The van der Waals surface area contributed by atoms with Gasteiger partial charge in [-0.3, -0.25) is 19.7 Å². The van der Waals surface area contributed by atoms with E-state index in [0.717, 1.165) is 0 Å². The summed E-state index contributed by atoms with van der Waals surface area (Å²) in [6.07, 6.45) is -0.569. The number of nitro groups is 1. The summed E-state index contributed by atoms with van der Waals surface area (Å²) in [6, 6.07) is 7.70. The number of hydrogen-bond acceptors (Lipinski definition) is 4. The summed E-state index contributed by atoms with van der Waals surface area (Å²) < 4.78 is 0. The summed E-state index contributed by atoms with van der Waals surface area (Å²) in [6.45, 7) is 0. The molecule has 0 unspecified atom stereocenters. The molecule has 0 bridgehead atoms. The molecule has 0 aliphatic rings. The van der Waals surface area contributed by atoms with Gasteiger partial charge in [0.25, 0.3) is 11.6 Å². The minimum atomic E-state index is -1.04. The molecule has 7 heteroatoms. The first-order valence-electron chi connectivity index (χ1n) is 4.94. The number of carbonyl (C=O) groups is 2. The van der Waals surface area contributed by atoms with E-state index in [-0.39, 0.29) is 5.56 Å². The number of nitrogens with zero attached hydrogens (tertiary/aromatic N) is 1. The first kappa shape index (κ1) is 13.4. The first-order chi connectivity index (χ1) is 8.43. The Morgan fingerprint density at radius 2 is 1.72 bits per heavy atom. The minimum absolute atomic E-state index is 0.192. The van der Waals surface area contributed by atoms with Crippen LogP contribution < -0.4 is 11.5 Å². The number of benzene rings is 1. The number of hydrogen-bond donors (Lipinski definition) is 2. The van der Waals surface area contributed by atoms with Gasteiger partial charge in [-0.25, -0.2) is 0 Å². The smallest absolute Gasteiger partial charge is 0.285 e. The Hall–Kier alpha value is -2.70. The van der Waals surface area contributed by atoms with E-state index in [1.54, 1.807) is 18.2 Å². The summed E-state index contributed by atoms with van der Waals surface area (Å²) in [5, 5.41) is 11.0. The average molecular weight is 249 g/mol. The molecule has 0 aliphatic heterocycles. The van der Waals surface area contributed by atoms with Gasteiger partial charge in [-0.2, -0.15) is 0 Å². The maximum atomic E-state index is 11.2. The molecule has 1 aromatic rings. The van der Waals surface area contributed by atoms with Crippen molar-refractivity contribution >= 4 is 17.5 Å². The molecule has 1 rings (SSSR count). The van der Waals surface area contributed by atoms with Crippen LogP contribution in [0.2, 0.25) is 0 Å². The third kappa shape index (κ3) is 3.14. The number of rotatable bonds is 5. The summed E-state index contributed by atoms with van der Waals surface area (Å²) in [7, 11) is 0. The standard InChI is InChI=1S/C11H11N3O4/c12-9(15)6-8(11(13)16)10(14(17)18)7-4-2-1-3-5-7/h1-5H,6H2,(H2,12,15)(H2,13,16). The number of nitrogens with two attached hydrogens (primary N) is 2. The van der Waals surface area contributed by atoms with Gasteiger partial charge < -0.3 is 11.5 Å². The molecule has 0 atom stereocenters. The average Bonchev–Trinajstić information content (AvgIpc) is 2.28. The largest absolute Gasteiger partial charge is 0.369 e. The summed E-state index contributed by atoms with van der Waals surface area (Å²) in [4.78, 5) is 32.3. The van der Waals surface area contributed by atoms with Gasteiger partial charge >= 0.3 is 0 Å². The fraction of sp³-hybridized carbons (Fsp3) is 0.0909. The molecule has 0 fully saturated rings. The fourth-order valence-corrected chi connectivity index (χ4v) is 1.45. The van der Waals surface area contributed by atoms with Crippen molar-refractivity contribution in [1.82, 2.24) is 0 Å². The lowest BCUT2D eigenvalue weighted by Gasteiger charge is -2.04. The van der Waals surface area contributed by atoms with Gasteiger partial charge in [0.05, 0.1) is 16.9 Å². The Morgan fingerprint density at radius 1 is 1.17 bits per heavy atom. The minimum Gasteiger partial charge on any atom is -0.369 e. The molecular weight excluding hydrogens is 238 g/mol. The van der Waals surface area contributed by atoms with Crippen LogP contribution in [0.5, 0.6) is 0 Å². The van der Waals surface area contributed by atoms with Gasteiger partial charge in [0.2, 0.25) is 5.91 Å². The van der Waals surface area contributed by atoms with Gasteiger partial charge in [-0.05, 0) is 12.1 Å². The number of primary amides is 2. The highest BCUT2D eigenvalue weighted by Crippen LogP contribution is 2.21. The third-order valence-corrected chi connectivity index (χ3v) is 2.16. The van der Waals surface area contributed by atoms with Crippen LogP contribution in [0, 0.1) is 10.1 Å². The van der Waals surface area contributed by atoms with Crippen LogP contribution in [0.15, 0.2) is 35.9 Å². The third-order valence-electron chi connectivity index (χ3n) is 2.16. The lowest BCUT2D eigenvalue weighted by atomic mass is 10.0. The predicted molar refractivity (Wildman–Crippen MR) is 63.4 cm³/mol. The molecule has 1 aromatic carbocycles. The van der Waals surface area contributed by atoms with Gasteiger partial charge in [0, 0.05) is 0 Å². The van der Waals surface area contributed by atoms with Crippen LogP contribution in [-0.4, -0.2) is 16.7 Å². The van der Waals surface area contributed by atoms with E-state index in [9.17, 15) is 19.7 Å².